The number of carbonyl (C=O) groups excluding carboxylic acids is 1. The highest BCUT2D eigenvalue weighted by Crippen LogP contribution is 2.32. The van der Waals surface area contributed by atoms with Gasteiger partial charge in [-0.2, -0.15) is 0 Å². The van der Waals surface area contributed by atoms with Crippen molar-refractivity contribution in [1.29, 1.82) is 0 Å². The van der Waals surface area contributed by atoms with Crippen LogP contribution in [-0.4, -0.2) is 43.0 Å². The molecule has 1 N–H and O–H groups in total. The summed E-state index contributed by atoms with van der Waals surface area (Å²) in [5.41, 5.74) is 2.13. The number of piperidine rings is 2. The largest absolute Gasteiger partial charge is 0.372 e. The Hall–Kier alpha value is -1.42. The maximum absolute atomic E-state index is 13.0. The van der Waals surface area contributed by atoms with Gasteiger partial charge in [0.15, 0.2) is 0 Å². The molecule has 0 unspecified atom stereocenters. The van der Waals surface area contributed by atoms with E-state index in [1.54, 1.807) is 0 Å². The fourth-order valence-corrected chi connectivity index (χ4v) is 4.62. The zero-order valence-corrected chi connectivity index (χ0v) is 17.1. The van der Waals surface area contributed by atoms with Crippen molar-refractivity contribution in [2.24, 2.45) is 11.8 Å². The van der Waals surface area contributed by atoms with Crippen LogP contribution in [0.15, 0.2) is 18.2 Å². The topological polar surface area (TPSA) is 35.6 Å². The van der Waals surface area contributed by atoms with Crippen molar-refractivity contribution < 1.29 is 4.79 Å². The summed E-state index contributed by atoms with van der Waals surface area (Å²) in [6.07, 6.45) is 4.95. The molecule has 1 aromatic rings. The fraction of sp³-hybridized carbons (Fsp3) is 0.667. The van der Waals surface area contributed by atoms with Crippen LogP contribution in [-0.2, 0) is 4.79 Å². The second-order valence-corrected chi connectivity index (χ2v) is 8.70. The van der Waals surface area contributed by atoms with Gasteiger partial charge in [-0.05, 0) is 62.6 Å². The molecule has 0 saturated carbocycles. The van der Waals surface area contributed by atoms with Gasteiger partial charge in [0, 0.05) is 31.2 Å². The van der Waals surface area contributed by atoms with Crippen molar-refractivity contribution in [3.05, 3.63) is 23.2 Å². The molecule has 0 spiro atoms. The van der Waals surface area contributed by atoms with Crippen molar-refractivity contribution in [1.82, 2.24) is 4.90 Å². The first-order chi connectivity index (χ1) is 12.4. The summed E-state index contributed by atoms with van der Waals surface area (Å²) in [7, 11) is 0. The second-order valence-electron chi connectivity index (χ2n) is 8.26. The third-order valence-electron chi connectivity index (χ3n) is 5.58. The molecule has 0 bridgehead atoms. The maximum Gasteiger partial charge on any atom is 0.244 e. The Morgan fingerprint density at radius 1 is 1.15 bits per heavy atom. The summed E-state index contributed by atoms with van der Waals surface area (Å²) in [4.78, 5) is 17.4. The molecule has 5 heteroatoms. The third-order valence-corrected chi connectivity index (χ3v) is 5.81. The highest BCUT2D eigenvalue weighted by molar-refractivity contribution is 6.31. The van der Waals surface area contributed by atoms with Crippen LogP contribution >= 0.6 is 11.6 Å². The summed E-state index contributed by atoms with van der Waals surface area (Å²) in [5.74, 6) is 1.34. The zero-order valence-electron chi connectivity index (χ0n) is 16.3. The van der Waals surface area contributed by atoms with E-state index in [1.807, 2.05) is 24.0 Å². The van der Waals surface area contributed by atoms with E-state index in [0.29, 0.717) is 16.9 Å². The molecule has 3 atom stereocenters. The summed E-state index contributed by atoms with van der Waals surface area (Å²) in [6, 6.07) is 5.72. The minimum absolute atomic E-state index is 0.188. The Bertz CT molecular complexity index is 620. The molecule has 2 aliphatic rings. The number of benzene rings is 1. The second kappa shape index (κ2) is 8.51. The molecule has 0 radical (unpaired) electrons. The Labute approximate surface area is 162 Å². The average molecular weight is 378 g/mol. The van der Waals surface area contributed by atoms with Crippen LogP contribution in [0.3, 0.4) is 0 Å². The van der Waals surface area contributed by atoms with Crippen LogP contribution in [0.2, 0.25) is 5.02 Å². The van der Waals surface area contributed by atoms with Crippen molar-refractivity contribution in [2.75, 3.05) is 36.4 Å². The minimum atomic E-state index is -0.255. The zero-order chi connectivity index (χ0) is 18.7. The molecule has 1 aromatic carbocycles. The third kappa shape index (κ3) is 4.64. The highest BCUT2D eigenvalue weighted by Gasteiger charge is 2.28. The van der Waals surface area contributed by atoms with Gasteiger partial charge in [0.05, 0.1) is 11.4 Å². The smallest absolute Gasteiger partial charge is 0.244 e. The van der Waals surface area contributed by atoms with E-state index >= 15 is 0 Å². The lowest BCUT2D eigenvalue weighted by molar-refractivity contribution is -0.134. The standard InChI is InChI=1S/C21H32ClN3O/c1-15-11-16(2)14-25(13-15)21(26)17(3)23-19-12-18(22)7-8-20(19)24-9-5-4-6-10-24/h7-8,12,15-17,23H,4-6,9-11,13-14H2,1-3H3/t15-,16-,17+/m0/s1. The van der Waals surface area contributed by atoms with Gasteiger partial charge in [-0.1, -0.05) is 25.4 Å². The summed E-state index contributed by atoms with van der Waals surface area (Å²) in [5, 5.41) is 4.16. The number of likely N-dealkylation sites (tertiary alicyclic amines) is 1. The SMILES string of the molecule is C[C@H]1C[C@H](C)CN(C(=O)[C@@H](C)Nc2cc(Cl)ccc2N2CCCCC2)C1. The Balaban J connectivity index is 1.72. The van der Waals surface area contributed by atoms with Gasteiger partial charge < -0.3 is 15.1 Å². The minimum Gasteiger partial charge on any atom is -0.372 e. The summed E-state index contributed by atoms with van der Waals surface area (Å²) < 4.78 is 0. The van der Waals surface area contributed by atoms with Gasteiger partial charge in [-0.3, -0.25) is 4.79 Å². The van der Waals surface area contributed by atoms with Crippen molar-refractivity contribution in [2.45, 2.75) is 52.5 Å². The molecule has 144 valence electrons. The van der Waals surface area contributed by atoms with Crippen molar-refractivity contribution >= 4 is 28.9 Å². The first-order valence-electron chi connectivity index (χ1n) is 10.0. The van der Waals surface area contributed by atoms with E-state index in [4.69, 9.17) is 11.6 Å². The first-order valence-corrected chi connectivity index (χ1v) is 10.4. The molecular weight excluding hydrogens is 346 g/mol. The molecule has 2 saturated heterocycles. The lowest BCUT2D eigenvalue weighted by Crippen LogP contribution is -2.48. The summed E-state index contributed by atoms with van der Waals surface area (Å²) in [6.45, 7) is 10.3. The normalized spacial score (nSPS) is 25.1. The molecule has 2 heterocycles. The van der Waals surface area contributed by atoms with E-state index in [1.165, 1.54) is 25.7 Å². The molecule has 4 nitrogen and oxygen atoms in total. The number of carbonyl (C=O) groups is 1. The van der Waals surface area contributed by atoms with Crippen LogP contribution in [0.25, 0.3) is 0 Å². The van der Waals surface area contributed by atoms with E-state index in [2.05, 4.69) is 30.1 Å². The Morgan fingerprint density at radius 3 is 2.46 bits per heavy atom. The first kappa shape index (κ1) is 19.3. The van der Waals surface area contributed by atoms with Crippen LogP contribution < -0.4 is 10.2 Å². The molecule has 0 aromatic heterocycles. The highest BCUT2D eigenvalue weighted by atomic mass is 35.5. The number of amides is 1. The molecule has 0 aliphatic carbocycles. The van der Waals surface area contributed by atoms with Crippen LogP contribution in [0.5, 0.6) is 0 Å². The molecule has 1 amide bonds. The Kier molecular flexibility index (Phi) is 6.33. The van der Waals surface area contributed by atoms with E-state index < -0.39 is 0 Å². The molecule has 2 fully saturated rings. The number of rotatable bonds is 4. The molecule has 26 heavy (non-hydrogen) atoms. The number of anilines is 2. The Morgan fingerprint density at radius 2 is 1.81 bits per heavy atom. The van der Waals surface area contributed by atoms with Crippen molar-refractivity contribution in [3.63, 3.8) is 0 Å². The number of hydrogen-bond acceptors (Lipinski definition) is 3. The van der Waals surface area contributed by atoms with E-state index in [9.17, 15) is 4.79 Å². The predicted molar refractivity (Wildman–Crippen MR) is 110 cm³/mol. The number of nitrogens with one attached hydrogen (secondary N) is 1. The van der Waals surface area contributed by atoms with E-state index in [-0.39, 0.29) is 11.9 Å². The predicted octanol–water partition coefficient (Wildman–Crippen LogP) is 4.64. The quantitative estimate of drug-likeness (QED) is 0.830. The maximum atomic E-state index is 13.0. The van der Waals surface area contributed by atoms with Crippen LogP contribution in [0.4, 0.5) is 11.4 Å². The van der Waals surface area contributed by atoms with E-state index in [0.717, 1.165) is 37.6 Å². The monoisotopic (exact) mass is 377 g/mol. The lowest BCUT2D eigenvalue weighted by Gasteiger charge is -2.37. The van der Waals surface area contributed by atoms with Crippen molar-refractivity contribution in [3.8, 4) is 0 Å². The molecular formula is C21H32ClN3O. The van der Waals surface area contributed by atoms with Gasteiger partial charge in [-0.15, -0.1) is 0 Å². The van der Waals surface area contributed by atoms with Gasteiger partial charge in [0.25, 0.3) is 0 Å². The molecule has 2 aliphatic heterocycles. The van der Waals surface area contributed by atoms with Crippen LogP contribution in [0, 0.1) is 11.8 Å². The van der Waals surface area contributed by atoms with Gasteiger partial charge in [-0.25, -0.2) is 0 Å². The summed E-state index contributed by atoms with van der Waals surface area (Å²) >= 11 is 6.25. The van der Waals surface area contributed by atoms with Gasteiger partial charge in [0.1, 0.15) is 6.04 Å². The molecule has 3 rings (SSSR count). The van der Waals surface area contributed by atoms with Crippen LogP contribution in [0.1, 0.15) is 46.5 Å². The number of hydrogen-bond donors (Lipinski definition) is 1. The average Bonchev–Trinajstić information content (AvgIpc) is 2.61. The fourth-order valence-electron chi connectivity index (χ4n) is 4.45. The van der Waals surface area contributed by atoms with Gasteiger partial charge in [0.2, 0.25) is 5.91 Å². The lowest BCUT2D eigenvalue weighted by atomic mass is 9.91. The van der Waals surface area contributed by atoms with Gasteiger partial charge >= 0.3 is 0 Å². The number of halogens is 1. The number of nitrogens with zero attached hydrogens (tertiary/aromatic N) is 2.